The molecular formula is C12H19N3O4S. The first-order chi connectivity index (χ1) is 9.24. The van der Waals surface area contributed by atoms with Gasteiger partial charge in [-0.05, 0) is 37.1 Å². The molecule has 0 saturated carbocycles. The van der Waals surface area contributed by atoms with Gasteiger partial charge in [-0.15, -0.1) is 0 Å². The second kappa shape index (κ2) is 6.69. The van der Waals surface area contributed by atoms with E-state index in [2.05, 4.69) is 4.72 Å². The number of hydrogen-bond acceptors (Lipinski definition) is 5. The highest BCUT2D eigenvalue weighted by atomic mass is 32.2. The van der Waals surface area contributed by atoms with Crippen molar-refractivity contribution in [3.63, 3.8) is 0 Å². The molecule has 0 unspecified atom stereocenters. The van der Waals surface area contributed by atoms with E-state index in [1.807, 2.05) is 0 Å². The normalized spacial score (nSPS) is 11.5. The smallest absolute Gasteiger partial charge is 0.243 e. The molecule has 0 spiro atoms. The van der Waals surface area contributed by atoms with Crippen molar-refractivity contribution >= 4 is 21.6 Å². The molecule has 1 rings (SSSR count). The van der Waals surface area contributed by atoms with Crippen LogP contribution < -0.4 is 16.2 Å². The van der Waals surface area contributed by atoms with E-state index >= 15 is 0 Å². The highest BCUT2D eigenvalue weighted by molar-refractivity contribution is 7.89. The maximum absolute atomic E-state index is 12.1. The number of hydrogen-bond donors (Lipinski definition) is 3. The van der Waals surface area contributed by atoms with E-state index in [0.717, 1.165) is 5.56 Å². The van der Waals surface area contributed by atoms with Crippen LogP contribution >= 0.6 is 0 Å². The van der Waals surface area contributed by atoms with Crippen LogP contribution in [0, 0.1) is 13.8 Å². The van der Waals surface area contributed by atoms with Crippen LogP contribution in [0.15, 0.2) is 17.0 Å². The van der Waals surface area contributed by atoms with Crippen LogP contribution in [0.2, 0.25) is 0 Å². The second-order valence-electron chi connectivity index (χ2n) is 4.38. The third-order valence-electron chi connectivity index (χ3n) is 2.71. The van der Waals surface area contributed by atoms with Gasteiger partial charge in [-0.3, -0.25) is 4.79 Å². The van der Waals surface area contributed by atoms with Gasteiger partial charge in [0.05, 0.1) is 11.5 Å². The lowest BCUT2D eigenvalue weighted by molar-refractivity contribution is -0.122. The lowest BCUT2D eigenvalue weighted by Gasteiger charge is -2.12. The van der Waals surface area contributed by atoms with E-state index in [1.54, 1.807) is 19.9 Å². The Hall–Kier alpha value is -1.64. The van der Waals surface area contributed by atoms with Crippen LogP contribution in [-0.4, -0.2) is 34.1 Å². The topological polar surface area (TPSA) is 125 Å². The van der Waals surface area contributed by atoms with Crippen molar-refractivity contribution in [3.8, 4) is 0 Å². The molecule has 0 bridgehead atoms. The van der Waals surface area contributed by atoms with Crippen molar-refractivity contribution in [3.05, 3.63) is 23.3 Å². The molecule has 0 aliphatic heterocycles. The van der Waals surface area contributed by atoms with Gasteiger partial charge in [-0.25, -0.2) is 13.1 Å². The third-order valence-corrected chi connectivity index (χ3v) is 4.30. The molecule has 1 amide bonds. The lowest BCUT2D eigenvalue weighted by atomic mass is 10.1. The molecule has 0 radical (unpaired) electrons. The molecule has 112 valence electrons. The molecule has 0 atom stereocenters. The number of carbonyl (C=O) groups is 1. The maximum Gasteiger partial charge on any atom is 0.243 e. The number of primary amides is 1. The molecule has 8 heteroatoms. The van der Waals surface area contributed by atoms with E-state index in [-0.39, 0.29) is 24.7 Å². The van der Waals surface area contributed by atoms with E-state index in [1.165, 1.54) is 6.07 Å². The minimum absolute atomic E-state index is 0.0445. The standard InChI is InChI=1S/C12H19N3O4S/c1-8-5-10(13)6-11(9(8)2)20(17,18)15-3-4-19-7-12(14)16/h5-6,15H,3-4,7,13H2,1-2H3,(H2,14,16). The molecule has 5 N–H and O–H groups in total. The number of aryl methyl sites for hydroxylation is 1. The predicted molar refractivity (Wildman–Crippen MR) is 75.5 cm³/mol. The third kappa shape index (κ3) is 4.48. The second-order valence-corrected chi connectivity index (χ2v) is 6.11. The first-order valence-electron chi connectivity index (χ1n) is 5.96. The van der Waals surface area contributed by atoms with Crippen LogP contribution in [-0.2, 0) is 19.6 Å². The maximum atomic E-state index is 12.1. The summed E-state index contributed by atoms with van der Waals surface area (Å²) in [5.74, 6) is -0.602. The molecule has 0 heterocycles. The fourth-order valence-corrected chi connectivity index (χ4v) is 2.99. The Morgan fingerprint density at radius 1 is 1.35 bits per heavy atom. The molecule has 1 aromatic carbocycles. The highest BCUT2D eigenvalue weighted by Crippen LogP contribution is 2.21. The van der Waals surface area contributed by atoms with Crippen molar-refractivity contribution < 1.29 is 17.9 Å². The number of ether oxygens (including phenoxy) is 1. The molecular weight excluding hydrogens is 282 g/mol. The number of nitrogen functional groups attached to an aromatic ring is 1. The molecule has 0 fully saturated rings. The van der Waals surface area contributed by atoms with Crippen molar-refractivity contribution in [1.82, 2.24) is 4.72 Å². The summed E-state index contributed by atoms with van der Waals surface area (Å²) >= 11 is 0. The van der Waals surface area contributed by atoms with Crippen LogP contribution in [0.25, 0.3) is 0 Å². The lowest BCUT2D eigenvalue weighted by Crippen LogP contribution is -2.29. The zero-order valence-corrected chi connectivity index (χ0v) is 12.3. The number of benzene rings is 1. The van der Waals surface area contributed by atoms with Gasteiger partial charge >= 0.3 is 0 Å². The van der Waals surface area contributed by atoms with Crippen LogP contribution in [0.3, 0.4) is 0 Å². The number of rotatable bonds is 7. The zero-order chi connectivity index (χ0) is 15.3. The van der Waals surface area contributed by atoms with Gasteiger partial charge in [0.1, 0.15) is 6.61 Å². The average molecular weight is 301 g/mol. The summed E-state index contributed by atoms with van der Waals surface area (Å²) in [7, 11) is -3.66. The van der Waals surface area contributed by atoms with Gasteiger partial charge in [0.25, 0.3) is 0 Å². The zero-order valence-electron chi connectivity index (χ0n) is 11.5. The number of carbonyl (C=O) groups excluding carboxylic acids is 1. The van der Waals surface area contributed by atoms with Gasteiger partial charge in [-0.2, -0.15) is 0 Å². The van der Waals surface area contributed by atoms with E-state index < -0.39 is 15.9 Å². The van der Waals surface area contributed by atoms with Crippen molar-refractivity contribution in [2.45, 2.75) is 18.7 Å². The van der Waals surface area contributed by atoms with Crippen LogP contribution in [0.1, 0.15) is 11.1 Å². The molecule has 20 heavy (non-hydrogen) atoms. The van der Waals surface area contributed by atoms with Crippen LogP contribution in [0.4, 0.5) is 5.69 Å². The van der Waals surface area contributed by atoms with Gasteiger partial charge in [0.2, 0.25) is 15.9 Å². The van der Waals surface area contributed by atoms with Crippen LogP contribution in [0.5, 0.6) is 0 Å². The molecule has 0 aliphatic carbocycles. The summed E-state index contributed by atoms with van der Waals surface area (Å²) in [6.07, 6.45) is 0. The Morgan fingerprint density at radius 3 is 2.60 bits per heavy atom. The number of amides is 1. The molecule has 0 aliphatic rings. The van der Waals surface area contributed by atoms with Gasteiger partial charge in [0.15, 0.2) is 0 Å². The molecule has 0 saturated heterocycles. The number of anilines is 1. The quantitative estimate of drug-likeness (QED) is 0.469. The van der Waals surface area contributed by atoms with Crippen molar-refractivity contribution in [2.24, 2.45) is 5.73 Å². The van der Waals surface area contributed by atoms with Gasteiger partial charge in [-0.1, -0.05) is 0 Å². The Balaban J connectivity index is 2.72. The monoisotopic (exact) mass is 301 g/mol. The Kier molecular flexibility index (Phi) is 5.49. The minimum atomic E-state index is -3.66. The van der Waals surface area contributed by atoms with E-state index in [4.69, 9.17) is 16.2 Å². The Bertz CT molecular complexity index is 599. The SMILES string of the molecule is Cc1cc(N)cc(S(=O)(=O)NCCOCC(N)=O)c1C. The van der Waals surface area contributed by atoms with Crippen molar-refractivity contribution in [1.29, 1.82) is 0 Å². The predicted octanol–water partition coefficient (Wildman–Crippen LogP) is -0.334. The summed E-state index contributed by atoms with van der Waals surface area (Å²) in [5, 5.41) is 0. The highest BCUT2D eigenvalue weighted by Gasteiger charge is 2.18. The summed E-state index contributed by atoms with van der Waals surface area (Å²) in [6, 6.07) is 3.12. The number of sulfonamides is 1. The summed E-state index contributed by atoms with van der Waals surface area (Å²) < 4.78 is 31.5. The van der Waals surface area contributed by atoms with E-state index in [9.17, 15) is 13.2 Å². The Morgan fingerprint density at radius 2 is 2.00 bits per heavy atom. The summed E-state index contributed by atoms with van der Waals surface area (Å²) in [4.78, 5) is 10.6. The molecule has 7 nitrogen and oxygen atoms in total. The fourth-order valence-electron chi connectivity index (χ4n) is 1.63. The largest absolute Gasteiger partial charge is 0.399 e. The molecule has 0 aromatic heterocycles. The number of nitrogens with one attached hydrogen (secondary N) is 1. The Labute approximate surface area is 118 Å². The van der Waals surface area contributed by atoms with Gasteiger partial charge < -0.3 is 16.2 Å². The fraction of sp³-hybridized carbons (Fsp3) is 0.417. The minimum Gasteiger partial charge on any atom is -0.399 e. The first kappa shape index (κ1) is 16.4. The summed E-state index contributed by atoms with van der Waals surface area (Å²) in [5.41, 5.74) is 12.4. The van der Waals surface area contributed by atoms with Gasteiger partial charge in [0, 0.05) is 12.2 Å². The van der Waals surface area contributed by atoms with Crippen molar-refractivity contribution in [2.75, 3.05) is 25.5 Å². The van der Waals surface area contributed by atoms with E-state index in [0.29, 0.717) is 11.3 Å². The molecule has 1 aromatic rings. The summed E-state index contributed by atoms with van der Waals surface area (Å²) in [6.45, 7) is 3.37. The first-order valence-corrected chi connectivity index (χ1v) is 7.45. The number of nitrogens with two attached hydrogens (primary N) is 2. The average Bonchev–Trinajstić information content (AvgIpc) is 2.32.